The molecule has 1 fully saturated rings. The molecular weight excluding hydrogens is 388 g/mol. The summed E-state index contributed by atoms with van der Waals surface area (Å²) in [7, 11) is 0. The summed E-state index contributed by atoms with van der Waals surface area (Å²) in [6.45, 7) is 6.98. The maximum absolute atomic E-state index is 13.0. The second kappa shape index (κ2) is 8.84. The number of aromatic amines is 1. The lowest BCUT2D eigenvalue weighted by atomic mass is 9.96. The third kappa shape index (κ3) is 4.43. The summed E-state index contributed by atoms with van der Waals surface area (Å²) in [5.74, 6) is 2.70. The number of aromatic nitrogens is 2. The first-order chi connectivity index (χ1) is 14.9. The van der Waals surface area contributed by atoms with Crippen LogP contribution in [0.15, 0.2) is 54.7 Å². The van der Waals surface area contributed by atoms with Crippen molar-refractivity contribution >= 4 is 11.6 Å². The summed E-state index contributed by atoms with van der Waals surface area (Å²) in [4.78, 5) is 23.0. The maximum Gasteiger partial charge on any atom is 0.226 e. The first-order valence-electron chi connectivity index (χ1n) is 10.9. The third-order valence-corrected chi connectivity index (χ3v) is 6.13. The summed E-state index contributed by atoms with van der Waals surface area (Å²) in [6.07, 6.45) is 3.74. The number of amides is 1. The molecule has 162 valence electrons. The highest BCUT2D eigenvalue weighted by Crippen LogP contribution is 2.35. The molecule has 0 bridgehead atoms. The van der Waals surface area contributed by atoms with Crippen LogP contribution in [0.5, 0.6) is 11.5 Å². The molecule has 1 aliphatic rings. The van der Waals surface area contributed by atoms with E-state index in [2.05, 4.69) is 23.8 Å². The van der Waals surface area contributed by atoms with Gasteiger partial charge in [0.15, 0.2) is 5.75 Å². The fraction of sp³-hybridized carbons (Fsp3) is 0.360. The summed E-state index contributed by atoms with van der Waals surface area (Å²) in [6, 6.07) is 15.3. The van der Waals surface area contributed by atoms with Crippen molar-refractivity contribution in [1.29, 1.82) is 0 Å². The number of likely N-dealkylation sites (tertiary alicyclic amines) is 1. The molecule has 0 radical (unpaired) electrons. The van der Waals surface area contributed by atoms with Crippen molar-refractivity contribution in [2.24, 2.45) is 11.8 Å². The Labute approximate surface area is 183 Å². The van der Waals surface area contributed by atoms with Crippen LogP contribution in [0.25, 0.3) is 11.3 Å². The topological polar surface area (TPSA) is 84.2 Å². The third-order valence-electron chi connectivity index (χ3n) is 6.13. The Hall–Kier alpha value is -3.28. The maximum atomic E-state index is 13.0. The molecule has 0 spiro atoms. The van der Waals surface area contributed by atoms with Crippen LogP contribution in [0, 0.1) is 11.8 Å². The molecule has 1 amide bonds. The number of nitrogen functional groups attached to an aromatic ring is 1. The van der Waals surface area contributed by atoms with Gasteiger partial charge in [0, 0.05) is 18.0 Å². The fourth-order valence-corrected chi connectivity index (χ4v) is 3.92. The lowest BCUT2D eigenvalue weighted by molar-refractivity contribution is -0.137. The Bertz CT molecular complexity index is 1040. The second-order valence-corrected chi connectivity index (χ2v) is 8.57. The van der Waals surface area contributed by atoms with E-state index in [4.69, 9.17) is 10.5 Å². The second-order valence-electron chi connectivity index (χ2n) is 8.57. The predicted octanol–water partition coefficient (Wildman–Crippen LogP) is 5.41. The zero-order valence-corrected chi connectivity index (χ0v) is 18.3. The van der Waals surface area contributed by atoms with E-state index in [9.17, 15) is 4.79 Å². The largest absolute Gasteiger partial charge is 0.455 e. The molecule has 1 aromatic heterocycles. The standard InChI is InChI=1S/C25H30N4O2/c1-16(2)17(3)25(30)29-13-7-10-22(29)24-27-15-21(28-24)18-11-12-20(26)23(14-18)31-19-8-5-4-6-9-19/h4-6,8-9,11-12,14-17,22H,7,10,13,26H2,1-3H3,(H,27,28)/t17-,22-/m0/s1. The molecule has 0 unspecified atom stereocenters. The van der Waals surface area contributed by atoms with E-state index in [0.29, 0.717) is 17.4 Å². The highest BCUT2D eigenvalue weighted by atomic mass is 16.5. The zero-order valence-electron chi connectivity index (χ0n) is 18.3. The Kier molecular flexibility index (Phi) is 5.98. The van der Waals surface area contributed by atoms with Crippen LogP contribution in [-0.2, 0) is 4.79 Å². The summed E-state index contributed by atoms with van der Waals surface area (Å²) in [5, 5.41) is 0. The van der Waals surface area contributed by atoms with Crippen molar-refractivity contribution in [3.63, 3.8) is 0 Å². The van der Waals surface area contributed by atoms with E-state index in [0.717, 1.165) is 42.2 Å². The SMILES string of the molecule is CC(C)[C@H](C)C(=O)N1CCC[C@H]1c1ncc(-c2ccc(N)c(Oc3ccccc3)c2)[nH]1. The number of hydrogen-bond donors (Lipinski definition) is 2. The van der Waals surface area contributed by atoms with Crippen LogP contribution in [-0.4, -0.2) is 27.3 Å². The molecule has 2 aromatic carbocycles. The van der Waals surface area contributed by atoms with Crippen molar-refractivity contribution in [2.45, 2.75) is 39.7 Å². The summed E-state index contributed by atoms with van der Waals surface area (Å²) in [5.41, 5.74) is 8.52. The Morgan fingerprint density at radius 1 is 1.19 bits per heavy atom. The van der Waals surface area contributed by atoms with E-state index >= 15 is 0 Å². The van der Waals surface area contributed by atoms with Gasteiger partial charge in [-0.05, 0) is 43.0 Å². The van der Waals surface area contributed by atoms with Crippen molar-refractivity contribution in [3.05, 3.63) is 60.6 Å². The van der Waals surface area contributed by atoms with Gasteiger partial charge in [-0.2, -0.15) is 0 Å². The number of nitrogens with one attached hydrogen (secondary N) is 1. The Balaban J connectivity index is 1.56. The molecule has 6 nitrogen and oxygen atoms in total. The predicted molar refractivity (Wildman–Crippen MR) is 123 cm³/mol. The lowest BCUT2D eigenvalue weighted by Crippen LogP contribution is -2.36. The molecule has 0 aliphatic carbocycles. The molecule has 2 atom stereocenters. The number of carbonyl (C=O) groups excluding carboxylic acids is 1. The highest BCUT2D eigenvalue weighted by molar-refractivity contribution is 5.79. The van der Waals surface area contributed by atoms with E-state index in [1.165, 1.54) is 0 Å². The highest BCUT2D eigenvalue weighted by Gasteiger charge is 2.34. The molecule has 1 saturated heterocycles. The number of imidazole rings is 1. The minimum atomic E-state index is -0.00345. The monoisotopic (exact) mass is 418 g/mol. The number of benzene rings is 2. The number of ether oxygens (including phenoxy) is 1. The van der Waals surface area contributed by atoms with Gasteiger partial charge < -0.3 is 20.4 Å². The van der Waals surface area contributed by atoms with Gasteiger partial charge >= 0.3 is 0 Å². The normalized spacial score (nSPS) is 17.2. The molecular formula is C25H30N4O2. The quantitative estimate of drug-likeness (QED) is 0.525. The Morgan fingerprint density at radius 3 is 2.71 bits per heavy atom. The number of H-pyrrole nitrogens is 1. The number of nitrogens with two attached hydrogens (primary N) is 1. The van der Waals surface area contributed by atoms with Crippen LogP contribution >= 0.6 is 0 Å². The summed E-state index contributed by atoms with van der Waals surface area (Å²) >= 11 is 0. The van der Waals surface area contributed by atoms with Gasteiger partial charge in [-0.15, -0.1) is 0 Å². The first-order valence-corrected chi connectivity index (χ1v) is 10.9. The minimum absolute atomic E-state index is 0.00345. The van der Waals surface area contributed by atoms with Crippen molar-refractivity contribution in [1.82, 2.24) is 14.9 Å². The van der Waals surface area contributed by atoms with Gasteiger partial charge in [0.25, 0.3) is 0 Å². The van der Waals surface area contributed by atoms with Gasteiger partial charge in [-0.3, -0.25) is 4.79 Å². The zero-order chi connectivity index (χ0) is 22.0. The number of nitrogens with zero attached hydrogens (tertiary/aromatic N) is 2. The minimum Gasteiger partial charge on any atom is -0.455 e. The van der Waals surface area contributed by atoms with Crippen molar-refractivity contribution < 1.29 is 9.53 Å². The molecule has 1 aliphatic heterocycles. The van der Waals surface area contributed by atoms with Crippen LogP contribution in [0.2, 0.25) is 0 Å². The number of carbonyl (C=O) groups is 1. The lowest BCUT2D eigenvalue weighted by Gasteiger charge is -2.27. The smallest absolute Gasteiger partial charge is 0.226 e. The molecule has 0 saturated carbocycles. The molecule has 4 rings (SSSR count). The number of para-hydroxylation sites is 1. The van der Waals surface area contributed by atoms with Crippen LogP contribution in [0.1, 0.15) is 45.5 Å². The fourth-order valence-electron chi connectivity index (χ4n) is 3.92. The average molecular weight is 419 g/mol. The number of rotatable bonds is 6. The summed E-state index contributed by atoms with van der Waals surface area (Å²) < 4.78 is 5.96. The number of anilines is 1. The average Bonchev–Trinajstić information content (AvgIpc) is 3.44. The van der Waals surface area contributed by atoms with Crippen molar-refractivity contribution in [2.75, 3.05) is 12.3 Å². The van der Waals surface area contributed by atoms with Crippen molar-refractivity contribution in [3.8, 4) is 22.8 Å². The molecule has 2 heterocycles. The molecule has 3 aromatic rings. The van der Waals surface area contributed by atoms with Crippen LogP contribution in [0.3, 0.4) is 0 Å². The van der Waals surface area contributed by atoms with E-state index < -0.39 is 0 Å². The number of hydrogen-bond acceptors (Lipinski definition) is 4. The van der Waals surface area contributed by atoms with Gasteiger partial charge in [0.1, 0.15) is 11.6 Å². The molecule has 31 heavy (non-hydrogen) atoms. The van der Waals surface area contributed by atoms with Crippen LogP contribution < -0.4 is 10.5 Å². The van der Waals surface area contributed by atoms with Crippen LogP contribution in [0.4, 0.5) is 5.69 Å². The van der Waals surface area contributed by atoms with E-state index in [1.54, 1.807) is 0 Å². The van der Waals surface area contributed by atoms with Gasteiger partial charge in [-0.25, -0.2) is 4.98 Å². The molecule has 6 heteroatoms. The van der Waals surface area contributed by atoms with Gasteiger partial charge in [0.2, 0.25) is 5.91 Å². The molecule has 3 N–H and O–H groups in total. The van der Waals surface area contributed by atoms with Gasteiger partial charge in [-0.1, -0.05) is 45.0 Å². The van der Waals surface area contributed by atoms with E-state index in [-0.39, 0.29) is 17.9 Å². The Morgan fingerprint density at radius 2 is 1.97 bits per heavy atom. The first kappa shape index (κ1) is 21.0. The van der Waals surface area contributed by atoms with E-state index in [1.807, 2.05) is 66.6 Å². The van der Waals surface area contributed by atoms with Gasteiger partial charge in [0.05, 0.1) is 23.6 Å².